The maximum absolute atomic E-state index is 13.0. The van der Waals surface area contributed by atoms with Crippen LogP contribution in [0.5, 0.6) is 11.5 Å². The van der Waals surface area contributed by atoms with Gasteiger partial charge < -0.3 is 14.0 Å². The van der Waals surface area contributed by atoms with Crippen LogP contribution in [-0.2, 0) is 11.8 Å². The fourth-order valence-corrected chi connectivity index (χ4v) is 4.63. The summed E-state index contributed by atoms with van der Waals surface area (Å²) in [6.07, 6.45) is 3.94. The number of hydrogen-bond donors (Lipinski definition) is 0. The first-order valence-electron chi connectivity index (χ1n) is 8.33. The monoisotopic (exact) mass is 394 g/mol. The van der Waals surface area contributed by atoms with Crippen molar-refractivity contribution in [2.24, 2.45) is 7.05 Å². The second-order valence-electron chi connectivity index (χ2n) is 6.27. The Labute approximate surface area is 165 Å². The molecule has 7 heteroatoms. The highest BCUT2D eigenvalue weighted by atomic mass is 32.2. The van der Waals surface area contributed by atoms with Crippen molar-refractivity contribution >= 4 is 56.9 Å². The van der Waals surface area contributed by atoms with Crippen molar-refractivity contribution in [2.45, 2.75) is 0 Å². The molecule has 0 bridgehead atoms. The van der Waals surface area contributed by atoms with Gasteiger partial charge in [0.25, 0.3) is 5.91 Å². The first-order chi connectivity index (χ1) is 13.1. The van der Waals surface area contributed by atoms with Gasteiger partial charge in [-0.05, 0) is 24.3 Å². The Morgan fingerprint density at radius 3 is 2.85 bits per heavy atom. The second-order valence-corrected chi connectivity index (χ2v) is 7.94. The zero-order valence-corrected chi connectivity index (χ0v) is 16.0. The molecule has 1 fully saturated rings. The van der Waals surface area contributed by atoms with E-state index in [0.29, 0.717) is 26.4 Å². The van der Waals surface area contributed by atoms with Crippen molar-refractivity contribution in [1.29, 1.82) is 0 Å². The van der Waals surface area contributed by atoms with Crippen molar-refractivity contribution in [3.8, 4) is 11.5 Å². The van der Waals surface area contributed by atoms with E-state index in [0.717, 1.165) is 16.5 Å². The largest absolute Gasteiger partial charge is 0.454 e. The maximum Gasteiger partial charge on any atom is 0.270 e. The van der Waals surface area contributed by atoms with Crippen molar-refractivity contribution in [3.05, 3.63) is 59.1 Å². The van der Waals surface area contributed by atoms with E-state index in [1.165, 1.54) is 11.8 Å². The Morgan fingerprint density at radius 1 is 1.15 bits per heavy atom. The molecular formula is C20H14N2O3S2. The minimum absolute atomic E-state index is 0.128. The third-order valence-electron chi connectivity index (χ3n) is 4.62. The smallest absolute Gasteiger partial charge is 0.270 e. The van der Waals surface area contributed by atoms with Gasteiger partial charge in [-0.15, -0.1) is 0 Å². The second kappa shape index (κ2) is 6.14. The molecule has 3 aromatic rings. The topological polar surface area (TPSA) is 43.7 Å². The molecule has 5 nitrogen and oxygen atoms in total. The Balaban J connectivity index is 1.53. The summed E-state index contributed by atoms with van der Waals surface area (Å²) < 4.78 is 13.3. The number of amides is 1. The number of hydrogen-bond acceptors (Lipinski definition) is 5. The molecule has 2 aliphatic rings. The highest BCUT2D eigenvalue weighted by Crippen LogP contribution is 2.41. The van der Waals surface area contributed by atoms with Gasteiger partial charge in [-0.2, -0.15) is 0 Å². The summed E-state index contributed by atoms with van der Waals surface area (Å²) in [5.74, 6) is 1.17. The molecule has 0 radical (unpaired) electrons. The van der Waals surface area contributed by atoms with Crippen LogP contribution in [0.15, 0.2) is 53.6 Å². The Hall–Kier alpha value is -2.77. The van der Waals surface area contributed by atoms with E-state index in [1.54, 1.807) is 17.0 Å². The van der Waals surface area contributed by atoms with Crippen molar-refractivity contribution in [2.75, 3.05) is 11.7 Å². The van der Waals surface area contributed by atoms with Crippen LogP contribution in [0, 0.1) is 0 Å². The van der Waals surface area contributed by atoms with E-state index in [-0.39, 0.29) is 12.7 Å². The van der Waals surface area contributed by atoms with Crippen LogP contribution >= 0.6 is 24.0 Å². The predicted molar refractivity (Wildman–Crippen MR) is 111 cm³/mol. The Kier molecular flexibility index (Phi) is 3.73. The van der Waals surface area contributed by atoms with Gasteiger partial charge in [-0.25, -0.2) is 0 Å². The van der Waals surface area contributed by atoms with Crippen LogP contribution in [0.3, 0.4) is 0 Å². The lowest BCUT2D eigenvalue weighted by Gasteiger charge is -2.14. The number of fused-ring (bicyclic) bond motifs is 2. The summed E-state index contributed by atoms with van der Waals surface area (Å²) in [7, 11) is 2.00. The van der Waals surface area contributed by atoms with Crippen molar-refractivity contribution in [3.63, 3.8) is 0 Å². The average Bonchev–Trinajstić information content (AvgIpc) is 3.33. The highest BCUT2D eigenvalue weighted by Gasteiger charge is 2.34. The van der Waals surface area contributed by atoms with Gasteiger partial charge >= 0.3 is 0 Å². The third kappa shape index (κ3) is 2.62. The molecule has 134 valence electrons. The van der Waals surface area contributed by atoms with Gasteiger partial charge in [-0.3, -0.25) is 9.69 Å². The highest BCUT2D eigenvalue weighted by molar-refractivity contribution is 8.27. The van der Waals surface area contributed by atoms with Crippen molar-refractivity contribution < 1.29 is 14.3 Å². The number of rotatable bonds is 2. The number of thiocarbonyl (C=S) groups is 1. The normalized spacial score (nSPS) is 17.5. The molecule has 1 amide bonds. The third-order valence-corrected chi connectivity index (χ3v) is 5.92. The van der Waals surface area contributed by atoms with Crippen LogP contribution < -0.4 is 14.4 Å². The SMILES string of the molecule is Cn1cc(/C=C2/SC(=S)N(c3ccc4c(c3)OCO4)C2=O)c2ccccc21. The summed E-state index contributed by atoms with van der Waals surface area (Å²) in [4.78, 5) is 15.2. The number of aryl methyl sites for hydroxylation is 1. The number of carbonyl (C=O) groups excluding carboxylic acids is 1. The number of benzene rings is 2. The molecule has 0 atom stereocenters. The van der Waals surface area contributed by atoms with E-state index in [1.807, 2.05) is 37.5 Å². The maximum atomic E-state index is 13.0. The molecule has 2 aromatic carbocycles. The summed E-state index contributed by atoms with van der Waals surface area (Å²) in [6, 6.07) is 13.5. The molecule has 27 heavy (non-hydrogen) atoms. The molecule has 5 rings (SSSR count). The molecular weight excluding hydrogens is 380 g/mol. The lowest BCUT2D eigenvalue weighted by atomic mass is 10.1. The Bertz CT molecular complexity index is 1150. The average molecular weight is 394 g/mol. The molecule has 0 unspecified atom stereocenters. The summed E-state index contributed by atoms with van der Waals surface area (Å²) >= 11 is 6.78. The van der Waals surface area contributed by atoms with Crippen LogP contribution in [0.1, 0.15) is 5.56 Å². The number of ether oxygens (including phenoxy) is 2. The number of carbonyl (C=O) groups is 1. The number of nitrogens with zero attached hydrogens (tertiary/aromatic N) is 2. The van der Waals surface area contributed by atoms with Crippen LogP contribution in [0.25, 0.3) is 17.0 Å². The quantitative estimate of drug-likeness (QED) is 0.479. The summed E-state index contributed by atoms with van der Waals surface area (Å²) in [5, 5.41) is 1.10. The number of anilines is 1. The molecule has 0 N–H and O–H groups in total. The molecule has 1 saturated heterocycles. The van der Waals surface area contributed by atoms with Gasteiger partial charge in [0.1, 0.15) is 0 Å². The fraction of sp³-hybridized carbons (Fsp3) is 0.100. The number of aromatic nitrogens is 1. The van der Waals surface area contributed by atoms with Gasteiger partial charge in [0.2, 0.25) is 6.79 Å². The molecule has 0 aliphatic carbocycles. The van der Waals surface area contributed by atoms with E-state index < -0.39 is 0 Å². The minimum atomic E-state index is -0.128. The molecule has 3 heterocycles. The van der Waals surface area contributed by atoms with Crippen LogP contribution in [0.4, 0.5) is 5.69 Å². The van der Waals surface area contributed by atoms with Gasteiger partial charge in [0, 0.05) is 35.8 Å². The van der Waals surface area contributed by atoms with E-state index >= 15 is 0 Å². The summed E-state index contributed by atoms with van der Waals surface area (Å²) in [5.41, 5.74) is 2.80. The lowest BCUT2D eigenvalue weighted by Crippen LogP contribution is -2.27. The first-order valence-corrected chi connectivity index (χ1v) is 9.56. The summed E-state index contributed by atoms with van der Waals surface area (Å²) in [6.45, 7) is 0.193. The first kappa shape index (κ1) is 16.4. The lowest BCUT2D eigenvalue weighted by molar-refractivity contribution is -0.113. The van der Waals surface area contributed by atoms with E-state index in [9.17, 15) is 4.79 Å². The zero-order chi connectivity index (χ0) is 18.5. The predicted octanol–water partition coefficient (Wildman–Crippen LogP) is 4.31. The van der Waals surface area contributed by atoms with E-state index in [2.05, 4.69) is 16.7 Å². The van der Waals surface area contributed by atoms with Gasteiger partial charge in [0.05, 0.1) is 10.6 Å². The van der Waals surface area contributed by atoms with Crippen LogP contribution in [0.2, 0.25) is 0 Å². The minimum Gasteiger partial charge on any atom is -0.454 e. The zero-order valence-electron chi connectivity index (χ0n) is 14.3. The molecule has 0 spiro atoms. The molecule has 2 aliphatic heterocycles. The van der Waals surface area contributed by atoms with Gasteiger partial charge in [0.15, 0.2) is 15.8 Å². The number of para-hydroxylation sites is 1. The van der Waals surface area contributed by atoms with Gasteiger partial charge in [-0.1, -0.05) is 42.2 Å². The number of thioether (sulfide) groups is 1. The van der Waals surface area contributed by atoms with E-state index in [4.69, 9.17) is 21.7 Å². The Morgan fingerprint density at radius 2 is 1.96 bits per heavy atom. The fourth-order valence-electron chi connectivity index (χ4n) is 3.34. The standard InChI is InChI=1S/C20H14N2O3S2/c1-21-10-12(14-4-2-3-5-15(14)21)8-18-19(23)22(20(26)27-18)13-6-7-16-17(9-13)25-11-24-16/h2-10H,11H2,1H3/b18-8+. The van der Waals surface area contributed by atoms with Crippen molar-refractivity contribution in [1.82, 2.24) is 4.57 Å². The van der Waals surface area contributed by atoms with Crippen LogP contribution in [-0.4, -0.2) is 21.6 Å². The molecule has 1 aromatic heterocycles. The molecule has 0 saturated carbocycles.